The minimum absolute atomic E-state index is 0.140. The van der Waals surface area contributed by atoms with E-state index in [1.54, 1.807) is 12.1 Å². The van der Waals surface area contributed by atoms with E-state index in [1.807, 2.05) is 36.4 Å². The van der Waals surface area contributed by atoms with E-state index in [0.29, 0.717) is 13.0 Å². The first-order valence-electron chi connectivity index (χ1n) is 5.93. The molecule has 0 heterocycles. The van der Waals surface area contributed by atoms with E-state index in [1.165, 1.54) is 0 Å². The number of phenolic OH excluding ortho intramolecular Hbond substituents is 1. The number of ether oxygens (including phenoxy) is 1. The molecule has 94 valence electrons. The number of hydrogen-bond acceptors (Lipinski definition) is 3. The Kier molecular flexibility index (Phi) is 4.20. The highest BCUT2D eigenvalue weighted by molar-refractivity contribution is 5.65. The Hall–Kier alpha value is -2.00. The van der Waals surface area contributed by atoms with Crippen LogP contribution in [0.15, 0.2) is 48.5 Å². The molecule has 0 aliphatic carbocycles. The van der Waals surface area contributed by atoms with Crippen molar-refractivity contribution in [3.05, 3.63) is 48.5 Å². The van der Waals surface area contributed by atoms with Gasteiger partial charge in [-0.1, -0.05) is 24.3 Å². The molecule has 0 saturated carbocycles. The lowest BCUT2D eigenvalue weighted by molar-refractivity contribution is 0.233. The van der Waals surface area contributed by atoms with Crippen LogP contribution in [0.1, 0.15) is 6.42 Å². The Morgan fingerprint density at radius 2 is 1.72 bits per heavy atom. The lowest BCUT2D eigenvalue weighted by Crippen LogP contribution is -1.99. The molecular formula is C15H16O3. The number of phenols is 1. The number of aliphatic hydroxyl groups is 1. The van der Waals surface area contributed by atoms with Crippen molar-refractivity contribution in [1.82, 2.24) is 0 Å². The first-order valence-corrected chi connectivity index (χ1v) is 5.93. The molecule has 2 aromatic rings. The summed E-state index contributed by atoms with van der Waals surface area (Å²) in [5.74, 6) is 1.04. The van der Waals surface area contributed by atoms with Gasteiger partial charge in [0.2, 0.25) is 0 Å². The van der Waals surface area contributed by atoms with E-state index in [4.69, 9.17) is 9.84 Å². The number of aromatic hydroxyl groups is 1. The van der Waals surface area contributed by atoms with Crippen molar-refractivity contribution >= 4 is 0 Å². The molecule has 0 radical (unpaired) electrons. The van der Waals surface area contributed by atoms with Crippen molar-refractivity contribution in [2.45, 2.75) is 6.42 Å². The standard InChI is InChI=1S/C15H16O3/c16-9-2-10-18-15-7-5-12(6-8-15)13-3-1-4-14(17)11-13/h1,3-8,11,16-17H,2,9-10H2. The third-order valence-corrected chi connectivity index (χ3v) is 2.60. The van der Waals surface area contributed by atoms with Crippen molar-refractivity contribution in [3.8, 4) is 22.6 Å². The number of rotatable bonds is 5. The highest BCUT2D eigenvalue weighted by Gasteiger charge is 1.99. The monoisotopic (exact) mass is 244 g/mol. The summed E-state index contributed by atoms with van der Waals surface area (Å²) in [6.07, 6.45) is 0.633. The van der Waals surface area contributed by atoms with Gasteiger partial charge in [-0.3, -0.25) is 0 Å². The molecule has 3 nitrogen and oxygen atoms in total. The molecule has 0 unspecified atom stereocenters. The van der Waals surface area contributed by atoms with Gasteiger partial charge in [0, 0.05) is 13.0 Å². The maximum atomic E-state index is 9.42. The van der Waals surface area contributed by atoms with E-state index in [-0.39, 0.29) is 12.4 Å². The van der Waals surface area contributed by atoms with Crippen LogP contribution in [0.2, 0.25) is 0 Å². The lowest BCUT2D eigenvalue weighted by atomic mass is 10.1. The van der Waals surface area contributed by atoms with Crippen molar-refractivity contribution < 1.29 is 14.9 Å². The molecule has 0 fully saturated rings. The van der Waals surface area contributed by atoms with Gasteiger partial charge in [0.05, 0.1) is 6.61 Å². The second kappa shape index (κ2) is 6.07. The summed E-state index contributed by atoms with van der Waals surface area (Å²) in [7, 11) is 0. The second-order valence-electron chi connectivity index (χ2n) is 4.00. The number of hydrogen-bond donors (Lipinski definition) is 2. The van der Waals surface area contributed by atoms with Crippen LogP contribution in [0.25, 0.3) is 11.1 Å². The predicted octanol–water partition coefficient (Wildman–Crippen LogP) is 2.82. The van der Waals surface area contributed by atoms with Gasteiger partial charge in [-0.15, -0.1) is 0 Å². The molecule has 2 aromatic carbocycles. The number of benzene rings is 2. The van der Waals surface area contributed by atoms with Gasteiger partial charge < -0.3 is 14.9 Å². The zero-order valence-electron chi connectivity index (χ0n) is 10.0. The van der Waals surface area contributed by atoms with Gasteiger partial charge in [-0.05, 0) is 35.4 Å². The average Bonchev–Trinajstić information content (AvgIpc) is 2.40. The molecule has 2 N–H and O–H groups in total. The molecule has 0 bridgehead atoms. The SMILES string of the molecule is OCCCOc1ccc(-c2cccc(O)c2)cc1. The Morgan fingerprint density at radius 3 is 2.39 bits per heavy atom. The summed E-state index contributed by atoms with van der Waals surface area (Å²) >= 11 is 0. The Bertz CT molecular complexity index is 491. The van der Waals surface area contributed by atoms with Crippen LogP contribution in [-0.2, 0) is 0 Å². The average molecular weight is 244 g/mol. The topological polar surface area (TPSA) is 49.7 Å². The van der Waals surface area contributed by atoms with Crippen LogP contribution in [0.3, 0.4) is 0 Å². The van der Waals surface area contributed by atoms with Crippen molar-refractivity contribution in [3.63, 3.8) is 0 Å². The normalized spacial score (nSPS) is 10.3. The van der Waals surface area contributed by atoms with Crippen LogP contribution in [-0.4, -0.2) is 23.4 Å². The number of aliphatic hydroxyl groups excluding tert-OH is 1. The molecular weight excluding hydrogens is 228 g/mol. The summed E-state index contributed by atoms with van der Waals surface area (Å²) in [6, 6.07) is 14.8. The quantitative estimate of drug-likeness (QED) is 0.795. The van der Waals surface area contributed by atoms with Gasteiger partial charge in [-0.2, -0.15) is 0 Å². The van der Waals surface area contributed by atoms with Crippen molar-refractivity contribution in [2.24, 2.45) is 0 Å². The van der Waals surface area contributed by atoms with E-state index in [2.05, 4.69) is 0 Å². The Balaban J connectivity index is 2.07. The van der Waals surface area contributed by atoms with Crippen LogP contribution in [0.5, 0.6) is 11.5 Å². The first-order chi connectivity index (χ1) is 8.79. The largest absolute Gasteiger partial charge is 0.508 e. The second-order valence-corrected chi connectivity index (χ2v) is 4.00. The first kappa shape index (κ1) is 12.5. The Labute approximate surface area is 106 Å². The molecule has 0 aliphatic heterocycles. The molecule has 2 rings (SSSR count). The fraction of sp³-hybridized carbons (Fsp3) is 0.200. The molecule has 0 amide bonds. The summed E-state index contributed by atoms with van der Waals surface area (Å²) < 4.78 is 5.45. The van der Waals surface area contributed by atoms with Gasteiger partial charge in [0.25, 0.3) is 0 Å². The molecule has 0 spiro atoms. The summed E-state index contributed by atoms with van der Waals surface area (Å²) in [6.45, 7) is 0.656. The van der Waals surface area contributed by atoms with Crippen molar-refractivity contribution in [2.75, 3.05) is 13.2 Å². The zero-order valence-corrected chi connectivity index (χ0v) is 10.0. The van der Waals surface area contributed by atoms with Gasteiger partial charge in [-0.25, -0.2) is 0 Å². The minimum atomic E-state index is 0.140. The minimum Gasteiger partial charge on any atom is -0.508 e. The lowest BCUT2D eigenvalue weighted by Gasteiger charge is -2.07. The molecule has 18 heavy (non-hydrogen) atoms. The summed E-state index contributed by atoms with van der Waals surface area (Å²) in [5, 5.41) is 18.1. The van der Waals surface area contributed by atoms with E-state index in [0.717, 1.165) is 16.9 Å². The van der Waals surface area contributed by atoms with E-state index in [9.17, 15) is 5.11 Å². The highest BCUT2D eigenvalue weighted by atomic mass is 16.5. The summed E-state index contributed by atoms with van der Waals surface area (Å²) in [4.78, 5) is 0. The Morgan fingerprint density at radius 1 is 0.944 bits per heavy atom. The van der Waals surface area contributed by atoms with Crippen molar-refractivity contribution in [1.29, 1.82) is 0 Å². The van der Waals surface area contributed by atoms with Gasteiger partial charge >= 0.3 is 0 Å². The van der Waals surface area contributed by atoms with E-state index >= 15 is 0 Å². The molecule has 0 saturated heterocycles. The van der Waals surface area contributed by atoms with Crippen LogP contribution < -0.4 is 4.74 Å². The maximum absolute atomic E-state index is 9.42. The van der Waals surface area contributed by atoms with Crippen LogP contribution in [0, 0.1) is 0 Å². The molecule has 0 aliphatic rings. The maximum Gasteiger partial charge on any atom is 0.119 e. The highest BCUT2D eigenvalue weighted by Crippen LogP contribution is 2.25. The summed E-state index contributed by atoms with van der Waals surface area (Å²) in [5.41, 5.74) is 2.00. The van der Waals surface area contributed by atoms with Gasteiger partial charge in [0.1, 0.15) is 11.5 Å². The fourth-order valence-electron chi connectivity index (χ4n) is 1.68. The van der Waals surface area contributed by atoms with Crippen LogP contribution >= 0.6 is 0 Å². The predicted molar refractivity (Wildman–Crippen MR) is 70.7 cm³/mol. The fourth-order valence-corrected chi connectivity index (χ4v) is 1.68. The zero-order chi connectivity index (χ0) is 12.8. The third kappa shape index (κ3) is 3.25. The smallest absolute Gasteiger partial charge is 0.119 e. The molecule has 0 atom stereocenters. The third-order valence-electron chi connectivity index (χ3n) is 2.60. The van der Waals surface area contributed by atoms with E-state index < -0.39 is 0 Å². The molecule has 0 aromatic heterocycles. The van der Waals surface area contributed by atoms with Gasteiger partial charge in [0.15, 0.2) is 0 Å². The molecule has 3 heteroatoms. The van der Waals surface area contributed by atoms with Crippen LogP contribution in [0.4, 0.5) is 0 Å².